The van der Waals surface area contributed by atoms with Crippen LogP contribution in [0.25, 0.3) is 0 Å². The van der Waals surface area contributed by atoms with Crippen LogP contribution in [0.4, 0.5) is 0 Å². The minimum Gasteiger partial charge on any atom is -0.0649 e. The molecule has 0 radical (unpaired) electrons. The fourth-order valence-corrected chi connectivity index (χ4v) is 1.62. The summed E-state index contributed by atoms with van der Waals surface area (Å²) in [4.78, 5) is 0. The molecule has 0 heterocycles. The second-order valence-electron chi connectivity index (χ2n) is 6.20. The molecular formula is C14H30. The molecule has 0 unspecified atom stereocenters. The standard InChI is InChI=1S/C8H16.C6H14/c1-7(2)8-5-3-4-6-8;1-5-6(2,3)4/h7-8H,3-6H2,1-2H3;5H2,1-4H3. The molecule has 0 nitrogen and oxygen atoms in total. The third-order valence-corrected chi connectivity index (χ3v) is 3.40. The van der Waals surface area contributed by atoms with Gasteiger partial charge in [-0.25, -0.2) is 0 Å². The van der Waals surface area contributed by atoms with Crippen LogP contribution in [-0.4, -0.2) is 0 Å². The molecule has 1 rings (SSSR count). The normalized spacial score (nSPS) is 18.2. The molecule has 86 valence electrons. The van der Waals surface area contributed by atoms with Crippen LogP contribution in [0.5, 0.6) is 0 Å². The summed E-state index contributed by atoms with van der Waals surface area (Å²) in [6.07, 6.45) is 7.24. The summed E-state index contributed by atoms with van der Waals surface area (Å²) in [6, 6.07) is 0. The van der Waals surface area contributed by atoms with Gasteiger partial charge in [-0.1, -0.05) is 73.6 Å². The smallest absolute Gasteiger partial charge is 0.0385 e. The molecule has 0 aromatic heterocycles. The zero-order valence-electron chi connectivity index (χ0n) is 11.2. The van der Waals surface area contributed by atoms with Crippen molar-refractivity contribution in [1.82, 2.24) is 0 Å². The van der Waals surface area contributed by atoms with Gasteiger partial charge in [0.15, 0.2) is 0 Å². The van der Waals surface area contributed by atoms with Gasteiger partial charge in [0, 0.05) is 0 Å². The molecule has 0 aliphatic heterocycles. The number of rotatable bonds is 1. The van der Waals surface area contributed by atoms with Gasteiger partial charge < -0.3 is 0 Å². The van der Waals surface area contributed by atoms with E-state index in [1.165, 1.54) is 32.1 Å². The Kier molecular flexibility index (Phi) is 6.48. The Balaban J connectivity index is 0.000000255. The maximum Gasteiger partial charge on any atom is -0.0385 e. The van der Waals surface area contributed by atoms with E-state index in [0.29, 0.717) is 5.41 Å². The molecule has 0 aromatic rings. The molecule has 1 fully saturated rings. The molecule has 0 spiro atoms. The van der Waals surface area contributed by atoms with Crippen molar-refractivity contribution in [2.45, 2.75) is 73.6 Å². The van der Waals surface area contributed by atoms with Gasteiger partial charge in [0.25, 0.3) is 0 Å². The van der Waals surface area contributed by atoms with Gasteiger partial charge in [-0.15, -0.1) is 0 Å². The first-order valence-corrected chi connectivity index (χ1v) is 6.37. The van der Waals surface area contributed by atoms with Crippen LogP contribution in [0.15, 0.2) is 0 Å². The predicted octanol–water partition coefficient (Wildman–Crippen LogP) is 5.28. The summed E-state index contributed by atoms with van der Waals surface area (Å²) in [7, 11) is 0. The van der Waals surface area contributed by atoms with E-state index in [-0.39, 0.29) is 0 Å². The van der Waals surface area contributed by atoms with Crippen molar-refractivity contribution in [2.75, 3.05) is 0 Å². The highest BCUT2D eigenvalue weighted by Crippen LogP contribution is 2.30. The van der Waals surface area contributed by atoms with Crippen LogP contribution in [0.3, 0.4) is 0 Å². The highest BCUT2D eigenvalue weighted by atomic mass is 14.2. The van der Waals surface area contributed by atoms with Crippen LogP contribution >= 0.6 is 0 Å². The van der Waals surface area contributed by atoms with Crippen molar-refractivity contribution in [3.63, 3.8) is 0 Å². The molecule has 1 saturated carbocycles. The van der Waals surface area contributed by atoms with Gasteiger partial charge in [0.2, 0.25) is 0 Å². The monoisotopic (exact) mass is 198 g/mol. The van der Waals surface area contributed by atoms with Gasteiger partial charge in [0.05, 0.1) is 0 Å². The van der Waals surface area contributed by atoms with E-state index in [1.54, 1.807) is 0 Å². The van der Waals surface area contributed by atoms with Crippen molar-refractivity contribution >= 4 is 0 Å². The Hall–Kier alpha value is 0. The Bertz CT molecular complexity index is 121. The highest BCUT2D eigenvalue weighted by Gasteiger charge is 2.17. The first-order chi connectivity index (χ1) is 6.37. The predicted molar refractivity (Wildman–Crippen MR) is 66.5 cm³/mol. The molecule has 1 aliphatic rings. The van der Waals surface area contributed by atoms with Crippen LogP contribution in [0, 0.1) is 17.3 Å². The Morgan fingerprint density at radius 2 is 1.43 bits per heavy atom. The number of hydrogen-bond acceptors (Lipinski definition) is 0. The largest absolute Gasteiger partial charge is 0.0649 e. The molecule has 0 bridgehead atoms. The second kappa shape index (κ2) is 6.48. The molecule has 0 N–H and O–H groups in total. The first kappa shape index (κ1) is 14.0. The summed E-state index contributed by atoms with van der Waals surface area (Å²) in [5.41, 5.74) is 0.542. The van der Waals surface area contributed by atoms with Crippen molar-refractivity contribution in [2.24, 2.45) is 17.3 Å². The topological polar surface area (TPSA) is 0 Å². The van der Waals surface area contributed by atoms with Crippen molar-refractivity contribution in [3.8, 4) is 0 Å². The van der Waals surface area contributed by atoms with Gasteiger partial charge in [-0.3, -0.25) is 0 Å². The third-order valence-electron chi connectivity index (χ3n) is 3.40. The van der Waals surface area contributed by atoms with Gasteiger partial charge in [0.1, 0.15) is 0 Å². The molecule has 0 amide bonds. The van der Waals surface area contributed by atoms with E-state index >= 15 is 0 Å². The van der Waals surface area contributed by atoms with Crippen LogP contribution in [0.2, 0.25) is 0 Å². The third kappa shape index (κ3) is 7.41. The fourth-order valence-electron chi connectivity index (χ4n) is 1.62. The van der Waals surface area contributed by atoms with Crippen LogP contribution in [0.1, 0.15) is 73.6 Å². The van der Waals surface area contributed by atoms with Crippen molar-refractivity contribution < 1.29 is 0 Å². The Labute approximate surface area is 91.5 Å². The summed E-state index contributed by atoms with van der Waals surface area (Å²) in [5, 5.41) is 0. The average Bonchev–Trinajstić information content (AvgIpc) is 2.56. The second-order valence-corrected chi connectivity index (χ2v) is 6.20. The fraction of sp³-hybridized carbons (Fsp3) is 1.00. The zero-order chi connectivity index (χ0) is 11.2. The zero-order valence-corrected chi connectivity index (χ0v) is 11.2. The van der Waals surface area contributed by atoms with Crippen LogP contribution in [-0.2, 0) is 0 Å². The summed E-state index contributed by atoms with van der Waals surface area (Å²) < 4.78 is 0. The van der Waals surface area contributed by atoms with Crippen molar-refractivity contribution in [1.29, 1.82) is 0 Å². The molecule has 0 saturated heterocycles. The average molecular weight is 198 g/mol. The van der Waals surface area contributed by atoms with E-state index < -0.39 is 0 Å². The lowest BCUT2D eigenvalue weighted by Gasteiger charge is -2.12. The minimum absolute atomic E-state index is 0.542. The SMILES string of the molecule is CC(C)C1CCCC1.CCC(C)(C)C. The summed E-state index contributed by atoms with van der Waals surface area (Å²) >= 11 is 0. The minimum atomic E-state index is 0.542. The Morgan fingerprint density at radius 3 is 1.57 bits per heavy atom. The van der Waals surface area contributed by atoms with E-state index in [4.69, 9.17) is 0 Å². The lowest BCUT2D eigenvalue weighted by atomic mass is 9.94. The van der Waals surface area contributed by atoms with Gasteiger partial charge >= 0.3 is 0 Å². The quantitative estimate of drug-likeness (QED) is 0.538. The Morgan fingerprint density at radius 1 is 1.07 bits per heavy atom. The molecule has 0 aromatic carbocycles. The van der Waals surface area contributed by atoms with E-state index in [1.807, 2.05) is 0 Å². The lowest BCUT2D eigenvalue weighted by Crippen LogP contribution is -2.01. The summed E-state index contributed by atoms with van der Waals surface area (Å²) in [5.74, 6) is 2.01. The van der Waals surface area contributed by atoms with Crippen molar-refractivity contribution in [3.05, 3.63) is 0 Å². The highest BCUT2D eigenvalue weighted by molar-refractivity contribution is 4.69. The lowest BCUT2D eigenvalue weighted by molar-refractivity contribution is 0.396. The molecule has 14 heavy (non-hydrogen) atoms. The first-order valence-electron chi connectivity index (χ1n) is 6.37. The maximum absolute atomic E-state index is 2.34. The van der Waals surface area contributed by atoms with E-state index in [9.17, 15) is 0 Å². The van der Waals surface area contributed by atoms with E-state index in [2.05, 4.69) is 41.5 Å². The van der Waals surface area contributed by atoms with Gasteiger partial charge in [-0.2, -0.15) is 0 Å². The van der Waals surface area contributed by atoms with E-state index in [0.717, 1.165) is 11.8 Å². The maximum atomic E-state index is 2.34. The van der Waals surface area contributed by atoms with Gasteiger partial charge in [-0.05, 0) is 17.3 Å². The molecule has 0 atom stereocenters. The molecule has 1 aliphatic carbocycles. The van der Waals surface area contributed by atoms with Crippen LogP contribution < -0.4 is 0 Å². The molecular weight excluding hydrogens is 168 g/mol. The summed E-state index contributed by atoms with van der Waals surface area (Å²) in [6.45, 7) is 13.6. The molecule has 0 heteroatoms. The number of hydrogen-bond donors (Lipinski definition) is 0.